The fourth-order valence-electron chi connectivity index (χ4n) is 5.49. The van der Waals surface area contributed by atoms with Crippen LogP contribution in [-0.4, -0.2) is 89.0 Å². The van der Waals surface area contributed by atoms with Crippen LogP contribution in [0.2, 0.25) is 0 Å². The summed E-state index contributed by atoms with van der Waals surface area (Å²) in [5.41, 5.74) is 0. The zero-order valence-electron chi connectivity index (χ0n) is 35.7. The first kappa shape index (κ1) is 53.1. The largest absolute Gasteiger partial charge is 0.462 e. The third kappa shape index (κ3) is 29.9. The number of aliphatic hydroxyl groups is 4. The summed E-state index contributed by atoms with van der Waals surface area (Å²) in [4.78, 5) is 25.3. The van der Waals surface area contributed by atoms with E-state index < -0.39 is 55.4 Å². The Morgan fingerprint density at radius 3 is 1.32 bits per heavy atom. The monoisotopic (exact) mass is 823 g/mol. The summed E-state index contributed by atoms with van der Waals surface area (Å²) in [6.45, 7) is 3.04. The van der Waals surface area contributed by atoms with Crippen LogP contribution < -0.4 is 0 Å². The lowest BCUT2D eigenvalue weighted by molar-refractivity contribution is -0.305. The van der Waals surface area contributed by atoms with Gasteiger partial charge in [-0.25, -0.2) is 0 Å². The van der Waals surface area contributed by atoms with Gasteiger partial charge in [-0.05, 0) is 89.9 Å². The maximum Gasteiger partial charge on any atom is 0.306 e. The highest BCUT2D eigenvalue weighted by atomic mass is 16.7. The van der Waals surface area contributed by atoms with Gasteiger partial charge in [-0.1, -0.05) is 135 Å². The average molecular weight is 823 g/mol. The lowest BCUT2D eigenvalue weighted by Crippen LogP contribution is -2.59. The number of esters is 2. The number of aliphatic hydroxyl groups excluding tert-OH is 4. The standard InChI is InChI=1S/C49H74O10/c1-3-5-7-9-11-13-15-17-19-21-23-25-27-29-31-33-35-37-44(51)56-40-42(41-57-49-48(55)47(54)46(53)43(39-50)59-49)58-45(52)38-36-34-32-30-28-26-24-22-20-18-16-14-12-10-8-6-4-2/h5-8,11-14,17-20,23-26,29-32,42-43,46-50,53-55H,3-4,9-10,15-16,21-22,27-28,33-41H2,1-2H3/b7-5+,8-6+,13-11+,14-12+,19-17+,20-18+,25-23+,26-24+,31-29+,32-30+/t42-,43-,46+,47?,48?,49-/m0/s1. The second kappa shape index (κ2) is 38.3. The zero-order chi connectivity index (χ0) is 43.0. The molecular formula is C49H74O10. The minimum absolute atomic E-state index is 0.131. The van der Waals surface area contributed by atoms with Crippen LogP contribution in [-0.2, 0) is 28.5 Å². The molecule has 0 bridgehead atoms. The van der Waals surface area contributed by atoms with Crippen LogP contribution >= 0.6 is 0 Å². The molecule has 0 radical (unpaired) electrons. The summed E-state index contributed by atoms with van der Waals surface area (Å²) < 4.78 is 22.0. The smallest absolute Gasteiger partial charge is 0.306 e. The Kier molecular flexibility index (Phi) is 34.5. The van der Waals surface area contributed by atoms with Crippen molar-refractivity contribution in [2.24, 2.45) is 0 Å². The molecule has 330 valence electrons. The van der Waals surface area contributed by atoms with Crippen molar-refractivity contribution in [3.05, 3.63) is 122 Å². The maximum absolute atomic E-state index is 12.7. The van der Waals surface area contributed by atoms with Gasteiger partial charge in [0.05, 0.1) is 13.2 Å². The third-order valence-corrected chi connectivity index (χ3v) is 8.84. The Bertz CT molecular complexity index is 1370. The molecule has 10 nitrogen and oxygen atoms in total. The number of allylic oxidation sites excluding steroid dienone is 20. The normalized spacial score (nSPS) is 21.2. The first-order valence-electron chi connectivity index (χ1n) is 21.6. The predicted octanol–water partition coefficient (Wildman–Crippen LogP) is 9.10. The molecule has 6 atom stereocenters. The van der Waals surface area contributed by atoms with E-state index in [0.29, 0.717) is 25.7 Å². The third-order valence-electron chi connectivity index (χ3n) is 8.84. The lowest BCUT2D eigenvalue weighted by atomic mass is 9.99. The van der Waals surface area contributed by atoms with Crippen LogP contribution in [0, 0.1) is 0 Å². The number of hydrogen-bond donors (Lipinski definition) is 4. The van der Waals surface area contributed by atoms with Gasteiger partial charge < -0.3 is 39.4 Å². The van der Waals surface area contributed by atoms with Gasteiger partial charge in [0.25, 0.3) is 0 Å². The molecule has 0 spiro atoms. The highest BCUT2D eigenvalue weighted by Gasteiger charge is 2.44. The first-order valence-corrected chi connectivity index (χ1v) is 21.6. The van der Waals surface area contributed by atoms with E-state index in [0.717, 1.165) is 64.2 Å². The van der Waals surface area contributed by atoms with E-state index in [1.54, 1.807) is 0 Å². The molecule has 0 aromatic rings. The highest BCUT2D eigenvalue weighted by Crippen LogP contribution is 2.22. The maximum atomic E-state index is 12.7. The Hall–Kier alpha value is -3.90. The van der Waals surface area contributed by atoms with Crippen molar-refractivity contribution in [1.29, 1.82) is 0 Å². The van der Waals surface area contributed by atoms with Gasteiger partial charge in [-0.2, -0.15) is 0 Å². The summed E-state index contributed by atoms with van der Waals surface area (Å²) in [6, 6.07) is 0. The molecule has 1 saturated heterocycles. The molecule has 0 saturated carbocycles. The van der Waals surface area contributed by atoms with Gasteiger partial charge in [0.15, 0.2) is 12.4 Å². The number of hydrogen-bond acceptors (Lipinski definition) is 10. The average Bonchev–Trinajstić information content (AvgIpc) is 3.23. The second-order valence-electron chi connectivity index (χ2n) is 14.0. The van der Waals surface area contributed by atoms with Gasteiger partial charge >= 0.3 is 11.9 Å². The van der Waals surface area contributed by atoms with Crippen LogP contribution in [0.3, 0.4) is 0 Å². The van der Waals surface area contributed by atoms with E-state index in [1.807, 2.05) is 12.2 Å². The Morgan fingerprint density at radius 2 is 0.915 bits per heavy atom. The molecule has 0 aliphatic carbocycles. The van der Waals surface area contributed by atoms with Crippen molar-refractivity contribution < 1.29 is 49.0 Å². The van der Waals surface area contributed by atoms with Crippen molar-refractivity contribution in [2.75, 3.05) is 19.8 Å². The Morgan fingerprint density at radius 1 is 0.525 bits per heavy atom. The van der Waals surface area contributed by atoms with E-state index >= 15 is 0 Å². The van der Waals surface area contributed by atoms with Crippen molar-refractivity contribution in [3.8, 4) is 0 Å². The van der Waals surface area contributed by atoms with Gasteiger partial charge in [-0.3, -0.25) is 9.59 Å². The van der Waals surface area contributed by atoms with Crippen LogP contribution in [0.25, 0.3) is 0 Å². The molecule has 59 heavy (non-hydrogen) atoms. The van der Waals surface area contributed by atoms with E-state index in [-0.39, 0.29) is 26.1 Å². The second-order valence-corrected chi connectivity index (χ2v) is 14.0. The van der Waals surface area contributed by atoms with E-state index in [2.05, 4.69) is 123 Å². The van der Waals surface area contributed by atoms with Crippen LogP contribution in [0.1, 0.15) is 117 Å². The fourth-order valence-corrected chi connectivity index (χ4v) is 5.49. The van der Waals surface area contributed by atoms with Crippen LogP contribution in [0.15, 0.2) is 122 Å². The molecule has 1 fully saturated rings. The van der Waals surface area contributed by atoms with Crippen LogP contribution in [0.4, 0.5) is 0 Å². The van der Waals surface area contributed by atoms with E-state index in [1.165, 1.54) is 0 Å². The molecule has 1 aliphatic rings. The number of carbonyl (C=O) groups is 2. The fraction of sp³-hybridized carbons (Fsp3) is 0.551. The molecule has 0 aromatic carbocycles. The molecule has 0 amide bonds. The lowest BCUT2D eigenvalue weighted by Gasteiger charge is -2.39. The van der Waals surface area contributed by atoms with Crippen LogP contribution in [0.5, 0.6) is 0 Å². The van der Waals surface area contributed by atoms with Crippen molar-refractivity contribution >= 4 is 11.9 Å². The predicted molar refractivity (Wildman–Crippen MR) is 237 cm³/mol. The van der Waals surface area contributed by atoms with E-state index in [9.17, 15) is 30.0 Å². The number of carbonyl (C=O) groups excluding carboxylic acids is 2. The molecule has 1 heterocycles. The first-order chi connectivity index (χ1) is 28.8. The molecule has 10 heteroatoms. The van der Waals surface area contributed by atoms with Gasteiger partial charge in [0.2, 0.25) is 0 Å². The highest BCUT2D eigenvalue weighted by molar-refractivity contribution is 5.70. The minimum Gasteiger partial charge on any atom is -0.462 e. The Balaban J connectivity index is 2.45. The van der Waals surface area contributed by atoms with E-state index in [4.69, 9.17) is 18.9 Å². The summed E-state index contributed by atoms with van der Waals surface area (Å²) >= 11 is 0. The summed E-state index contributed by atoms with van der Waals surface area (Å²) in [7, 11) is 0. The van der Waals surface area contributed by atoms with Crippen molar-refractivity contribution in [2.45, 2.75) is 153 Å². The Labute approximate surface area is 354 Å². The van der Waals surface area contributed by atoms with Crippen molar-refractivity contribution in [3.63, 3.8) is 0 Å². The molecule has 1 aliphatic heterocycles. The molecule has 1 rings (SSSR count). The number of ether oxygens (including phenoxy) is 4. The molecule has 2 unspecified atom stereocenters. The van der Waals surface area contributed by atoms with Gasteiger partial charge in [0, 0.05) is 12.8 Å². The summed E-state index contributed by atoms with van der Waals surface area (Å²) in [5.74, 6) is -0.959. The topological polar surface area (TPSA) is 152 Å². The molecular weight excluding hydrogens is 749 g/mol. The number of rotatable bonds is 33. The summed E-state index contributed by atoms with van der Waals surface area (Å²) in [6.07, 6.45) is 46.4. The molecule has 0 aromatic heterocycles. The molecule has 4 N–H and O–H groups in total. The SMILES string of the molecule is CC/C=C/C/C=C/C/C=C/C/C=C/C/C=C/CCCC(=O)OC[C@@H](CO[C@H]1O[C@@H](CO)[C@@H](O)C(O)C1O)OC(=O)CCC/C=C/C/C=C/C/C=C/C/C=C/C/C=C/CC. The van der Waals surface area contributed by atoms with Gasteiger partial charge in [0.1, 0.15) is 31.0 Å². The zero-order valence-corrected chi connectivity index (χ0v) is 35.7. The summed E-state index contributed by atoms with van der Waals surface area (Å²) in [5, 5.41) is 40.0. The quantitative estimate of drug-likeness (QED) is 0.0287. The van der Waals surface area contributed by atoms with Crippen molar-refractivity contribution in [1.82, 2.24) is 0 Å². The number of unbranched alkanes of at least 4 members (excludes halogenated alkanes) is 2. The van der Waals surface area contributed by atoms with Gasteiger partial charge in [-0.15, -0.1) is 0 Å². The minimum atomic E-state index is -1.62.